The first-order chi connectivity index (χ1) is 11.1. The van der Waals surface area contributed by atoms with Crippen molar-refractivity contribution in [1.82, 2.24) is 16.2 Å². The van der Waals surface area contributed by atoms with Crippen molar-refractivity contribution < 1.29 is 0 Å². The van der Waals surface area contributed by atoms with Crippen LogP contribution in [0.2, 0.25) is 10.0 Å². The summed E-state index contributed by atoms with van der Waals surface area (Å²) in [6.07, 6.45) is 0. The van der Waals surface area contributed by atoms with Gasteiger partial charge in [0.1, 0.15) is 0 Å². The van der Waals surface area contributed by atoms with Crippen molar-refractivity contribution in [3.63, 3.8) is 0 Å². The van der Waals surface area contributed by atoms with E-state index in [9.17, 15) is 0 Å². The molecule has 1 aliphatic heterocycles. The summed E-state index contributed by atoms with van der Waals surface area (Å²) in [4.78, 5) is 0. The fraction of sp³-hybridized carbons (Fsp3) is 0.333. The molecule has 0 amide bonds. The predicted molar refractivity (Wildman–Crippen MR) is 96.7 cm³/mol. The first-order valence-electron chi connectivity index (χ1n) is 7.87. The van der Waals surface area contributed by atoms with Crippen molar-refractivity contribution >= 4 is 23.2 Å². The minimum absolute atomic E-state index is 0.176. The molecule has 0 saturated carbocycles. The number of hydrazine groups is 1. The van der Waals surface area contributed by atoms with Gasteiger partial charge in [-0.1, -0.05) is 59.6 Å². The minimum Gasteiger partial charge on any atom is -0.310 e. The van der Waals surface area contributed by atoms with E-state index >= 15 is 0 Å². The van der Waals surface area contributed by atoms with Crippen LogP contribution in [0.1, 0.15) is 30.1 Å². The van der Waals surface area contributed by atoms with Crippen LogP contribution in [0.15, 0.2) is 48.5 Å². The molecule has 3 N–H and O–H groups in total. The third-order valence-corrected chi connectivity index (χ3v) is 4.94. The zero-order chi connectivity index (χ0) is 16.2. The average molecular weight is 350 g/mol. The average Bonchev–Trinajstić information content (AvgIpc) is 3.01. The van der Waals surface area contributed by atoms with Crippen molar-refractivity contribution in [2.45, 2.75) is 19.0 Å². The number of halogens is 2. The number of benzene rings is 2. The van der Waals surface area contributed by atoms with E-state index in [1.165, 1.54) is 5.56 Å². The van der Waals surface area contributed by atoms with Gasteiger partial charge in [0.15, 0.2) is 0 Å². The molecule has 0 spiro atoms. The molecular formula is C18H21Cl2N3. The highest BCUT2D eigenvalue weighted by molar-refractivity contribution is 6.35. The molecule has 3 rings (SSSR count). The Morgan fingerprint density at radius 3 is 2.70 bits per heavy atom. The molecule has 122 valence electrons. The van der Waals surface area contributed by atoms with Crippen LogP contribution in [0.4, 0.5) is 0 Å². The maximum atomic E-state index is 6.36. The van der Waals surface area contributed by atoms with Gasteiger partial charge in [0.05, 0.1) is 6.04 Å². The molecule has 0 aliphatic carbocycles. The Kier molecular flexibility index (Phi) is 5.57. The highest BCUT2D eigenvalue weighted by atomic mass is 35.5. The van der Waals surface area contributed by atoms with E-state index in [1.807, 2.05) is 18.2 Å². The summed E-state index contributed by atoms with van der Waals surface area (Å²) in [5.74, 6) is 0.417. The topological polar surface area (TPSA) is 36.1 Å². The Labute approximate surface area is 147 Å². The highest BCUT2D eigenvalue weighted by Crippen LogP contribution is 2.32. The lowest BCUT2D eigenvalue weighted by Crippen LogP contribution is -2.30. The molecule has 1 saturated heterocycles. The van der Waals surface area contributed by atoms with Crippen LogP contribution in [0.3, 0.4) is 0 Å². The molecule has 3 unspecified atom stereocenters. The molecule has 1 aliphatic rings. The third kappa shape index (κ3) is 4.06. The Morgan fingerprint density at radius 1 is 1.17 bits per heavy atom. The lowest BCUT2D eigenvalue weighted by molar-refractivity contribution is 0.419. The summed E-state index contributed by atoms with van der Waals surface area (Å²) in [6.45, 7) is 3.99. The lowest BCUT2D eigenvalue weighted by atomic mass is 9.94. The molecule has 23 heavy (non-hydrogen) atoms. The van der Waals surface area contributed by atoms with Crippen molar-refractivity contribution in [2.75, 3.05) is 13.1 Å². The first kappa shape index (κ1) is 16.7. The summed E-state index contributed by atoms with van der Waals surface area (Å²) in [7, 11) is 0. The Hall–Kier alpha value is -1.10. The molecule has 2 aromatic carbocycles. The number of rotatable bonds is 5. The number of hydrogen-bond donors (Lipinski definition) is 3. The first-order valence-corrected chi connectivity index (χ1v) is 8.62. The minimum atomic E-state index is 0.176. The van der Waals surface area contributed by atoms with Gasteiger partial charge in [-0.05, 0) is 30.2 Å². The molecule has 0 bridgehead atoms. The molecule has 1 heterocycles. The second-order valence-electron chi connectivity index (χ2n) is 5.97. The summed E-state index contributed by atoms with van der Waals surface area (Å²) in [6, 6.07) is 16.7. The normalized spacial score (nSPS) is 22.2. The summed E-state index contributed by atoms with van der Waals surface area (Å²) < 4.78 is 0. The van der Waals surface area contributed by atoms with Crippen LogP contribution >= 0.6 is 23.2 Å². The Morgan fingerprint density at radius 2 is 1.96 bits per heavy atom. The van der Waals surface area contributed by atoms with Gasteiger partial charge in [0.25, 0.3) is 0 Å². The van der Waals surface area contributed by atoms with E-state index in [0.29, 0.717) is 22.0 Å². The molecule has 1 fully saturated rings. The van der Waals surface area contributed by atoms with Gasteiger partial charge >= 0.3 is 0 Å². The number of nitrogens with one attached hydrogen (secondary N) is 3. The van der Waals surface area contributed by atoms with Gasteiger partial charge in [-0.15, -0.1) is 0 Å². The SMILES string of the molecule is CC(NCC1CNNC1c1ccc(Cl)cc1Cl)c1ccccc1. The van der Waals surface area contributed by atoms with Crippen LogP contribution in [0.25, 0.3) is 0 Å². The molecule has 2 aromatic rings. The zero-order valence-corrected chi connectivity index (χ0v) is 14.5. The molecular weight excluding hydrogens is 329 g/mol. The van der Waals surface area contributed by atoms with E-state index in [2.05, 4.69) is 47.4 Å². The predicted octanol–water partition coefficient (Wildman–Crippen LogP) is 4.11. The van der Waals surface area contributed by atoms with Gasteiger partial charge in [-0.3, -0.25) is 5.43 Å². The van der Waals surface area contributed by atoms with Crippen LogP contribution in [0.5, 0.6) is 0 Å². The van der Waals surface area contributed by atoms with Gasteiger partial charge in [-0.25, -0.2) is 5.43 Å². The zero-order valence-electron chi connectivity index (χ0n) is 13.0. The highest BCUT2D eigenvalue weighted by Gasteiger charge is 2.29. The van der Waals surface area contributed by atoms with Crippen LogP contribution in [-0.2, 0) is 0 Å². The van der Waals surface area contributed by atoms with Crippen LogP contribution < -0.4 is 16.2 Å². The Balaban J connectivity index is 1.65. The smallest absolute Gasteiger partial charge is 0.0530 e. The lowest BCUT2D eigenvalue weighted by Gasteiger charge is -2.23. The second kappa shape index (κ2) is 7.65. The maximum Gasteiger partial charge on any atom is 0.0530 e. The van der Waals surface area contributed by atoms with Crippen LogP contribution in [-0.4, -0.2) is 13.1 Å². The summed E-state index contributed by atoms with van der Waals surface area (Å²) in [5.41, 5.74) is 8.96. The van der Waals surface area contributed by atoms with E-state index in [-0.39, 0.29) is 6.04 Å². The maximum absolute atomic E-state index is 6.36. The largest absolute Gasteiger partial charge is 0.310 e. The van der Waals surface area contributed by atoms with E-state index in [1.54, 1.807) is 6.07 Å². The van der Waals surface area contributed by atoms with Gasteiger partial charge in [-0.2, -0.15) is 0 Å². The van der Waals surface area contributed by atoms with Gasteiger partial charge in [0.2, 0.25) is 0 Å². The van der Waals surface area contributed by atoms with E-state index in [4.69, 9.17) is 23.2 Å². The van der Waals surface area contributed by atoms with Gasteiger partial charge in [0, 0.05) is 35.1 Å². The van der Waals surface area contributed by atoms with Crippen molar-refractivity contribution in [3.8, 4) is 0 Å². The molecule has 0 aromatic heterocycles. The second-order valence-corrected chi connectivity index (χ2v) is 6.81. The summed E-state index contributed by atoms with van der Waals surface area (Å²) in [5, 5.41) is 4.99. The molecule has 5 heteroatoms. The van der Waals surface area contributed by atoms with Crippen molar-refractivity contribution in [1.29, 1.82) is 0 Å². The fourth-order valence-electron chi connectivity index (χ4n) is 3.00. The van der Waals surface area contributed by atoms with E-state index in [0.717, 1.165) is 18.7 Å². The standard InChI is InChI=1S/C18H21Cl2N3/c1-12(13-5-3-2-4-6-13)21-10-14-11-22-23-18(14)16-8-7-15(19)9-17(16)20/h2-9,12,14,18,21-23H,10-11H2,1H3. The quantitative estimate of drug-likeness (QED) is 0.760. The Bertz CT molecular complexity index is 648. The van der Waals surface area contributed by atoms with Crippen molar-refractivity contribution in [2.24, 2.45) is 5.92 Å². The molecule has 3 atom stereocenters. The number of hydrogen-bond acceptors (Lipinski definition) is 3. The monoisotopic (exact) mass is 349 g/mol. The van der Waals surface area contributed by atoms with Crippen molar-refractivity contribution in [3.05, 3.63) is 69.7 Å². The summed E-state index contributed by atoms with van der Waals surface area (Å²) >= 11 is 12.4. The van der Waals surface area contributed by atoms with Gasteiger partial charge < -0.3 is 5.32 Å². The fourth-order valence-corrected chi connectivity index (χ4v) is 3.52. The third-order valence-electron chi connectivity index (χ3n) is 4.38. The molecule has 0 radical (unpaired) electrons. The van der Waals surface area contributed by atoms with Crippen LogP contribution in [0, 0.1) is 5.92 Å². The molecule has 3 nitrogen and oxygen atoms in total. The van der Waals surface area contributed by atoms with E-state index < -0.39 is 0 Å².